The van der Waals surface area contributed by atoms with Crippen molar-refractivity contribution >= 4 is 30.9 Å². The highest BCUT2D eigenvalue weighted by Gasteiger charge is 2.47. The van der Waals surface area contributed by atoms with Crippen LogP contribution in [0.25, 0.3) is 0 Å². The molecule has 1 amide bonds. The molecule has 4 nitrogen and oxygen atoms in total. The summed E-state index contributed by atoms with van der Waals surface area (Å²) in [5, 5.41) is 0. The van der Waals surface area contributed by atoms with E-state index in [1.807, 2.05) is 28.6 Å². The first-order valence-electron chi connectivity index (χ1n) is 6.97. The molecule has 0 radical (unpaired) electrons. The second-order valence-corrected chi connectivity index (χ2v) is 17.6. The first-order chi connectivity index (χ1) is 9.17. The van der Waals surface area contributed by atoms with Crippen LogP contribution >= 0.6 is 0 Å². The molecule has 1 aliphatic rings. The smallest absolute Gasteiger partial charge is 0.251 e. The summed E-state index contributed by atoms with van der Waals surface area (Å²) >= 11 is 0. The van der Waals surface area contributed by atoms with Crippen LogP contribution in [-0.4, -0.2) is 42.0 Å². The van der Waals surface area contributed by atoms with Crippen LogP contribution in [0.2, 0.25) is 25.7 Å². The van der Waals surface area contributed by atoms with Crippen molar-refractivity contribution in [1.82, 2.24) is 13.9 Å². The molecule has 7 heteroatoms. The average Bonchev–Trinajstić information content (AvgIpc) is 2.37. The van der Waals surface area contributed by atoms with Crippen LogP contribution < -0.4 is 9.30 Å². The second kappa shape index (κ2) is 5.94. The SMILES string of the molecule is C=C[Si]1(C)CC(=O)N(CC)[Si](C)(C=C)N[Si](C)(C=C)N1. The largest absolute Gasteiger partial charge is 0.354 e. The van der Waals surface area contributed by atoms with Gasteiger partial charge in [-0.15, -0.1) is 19.7 Å². The first kappa shape index (κ1) is 17.3. The zero-order valence-corrected chi connectivity index (χ0v) is 16.1. The van der Waals surface area contributed by atoms with Crippen molar-refractivity contribution in [3.8, 4) is 0 Å². The average molecular weight is 326 g/mol. The van der Waals surface area contributed by atoms with Crippen LogP contribution in [0.5, 0.6) is 0 Å². The topological polar surface area (TPSA) is 44.4 Å². The normalized spacial score (nSPS) is 38.8. The molecule has 3 unspecified atom stereocenters. The van der Waals surface area contributed by atoms with Crippen LogP contribution in [0.4, 0.5) is 0 Å². The van der Waals surface area contributed by atoms with Gasteiger partial charge in [-0.05, 0) is 20.0 Å². The Bertz CT molecular complexity index is 445. The fraction of sp³-hybridized carbons (Fsp3) is 0.462. The van der Waals surface area contributed by atoms with Crippen molar-refractivity contribution < 1.29 is 4.79 Å². The van der Waals surface area contributed by atoms with E-state index in [0.29, 0.717) is 12.6 Å². The van der Waals surface area contributed by atoms with Gasteiger partial charge in [-0.25, -0.2) is 0 Å². The van der Waals surface area contributed by atoms with Gasteiger partial charge >= 0.3 is 0 Å². The minimum absolute atomic E-state index is 0.204. The number of carbonyl (C=O) groups excluding carboxylic acids is 1. The Morgan fingerprint density at radius 3 is 2.15 bits per heavy atom. The highest BCUT2D eigenvalue weighted by atomic mass is 28.4. The lowest BCUT2D eigenvalue weighted by molar-refractivity contribution is -0.124. The summed E-state index contributed by atoms with van der Waals surface area (Å²) in [7, 11) is -6.25. The van der Waals surface area contributed by atoms with Crippen molar-refractivity contribution in [3.63, 3.8) is 0 Å². The number of amides is 1. The summed E-state index contributed by atoms with van der Waals surface area (Å²) in [5.41, 5.74) is 5.93. The number of hydrogen-bond donors (Lipinski definition) is 2. The van der Waals surface area contributed by atoms with Crippen molar-refractivity contribution in [3.05, 3.63) is 36.8 Å². The molecular formula is C13H27N3OSi3. The van der Waals surface area contributed by atoms with Crippen LogP contribution in [0, 0.1) is 0 Å². The third-order valence-electron chi connectivity index (χ3n) is 4.01. The number of nitrogens with zero attached hydrogens (tertiary/aromatic N) is 1. The molecule has 3 atom stereocenters. The molecular weight excluding hydrogens is 298 g/mol. The third kappa shape index (κ3) is 3.29. The Kier molecular flexibility index (Phi) is 5.14. The highest BCUT2D eigenvalue weighted by Crippen LogP contribution is 2.21. The minimum atomic E-state index is -2.20. The Labute approximate surface area is 126 Å². The molecule has 20 heavy (non-hydrogen) atoms. The van der Waals surface area contributed by atoms with Crippen LogP contribution in [-0.2, 0) is 4.79 Å². The summed E-state index contributed by atoms with van der Waals surface area (Å²) in [5.74, 6) is 0.204. The lowest BCUT2D eigenvalue weighted by Crippen LogP contribution is -2.80. The molecule has 0 aromatic carbocycles. The summed E-state index contributed by atoms with van der Waals surface area (Å²) in [6.45, 7) is 21.2. The zero-order chi connectivity index (χ0) is 15.6. The van der Waals surface area contributed by atoms with Crippen molar-refractivity contribution in [1.29, 1.82) is 0 Å². The van der Waals surface area contributed by atoms with Crippen LogP contribution in [0.15, 0.2) is 36.8 Å². The van der Waals surface area contributed by atoms with E-state index < -0.39 is 25.0 Å². The molecule has 1 rings (SSSR count). The molecule has 2 N–H and O–H groups in total. The van der Waals surface area contributed by atoms with Gasteiger partial charge in [-0.3, -0.25) is 4.79 Å². The van der Waals surface area contributed by atoms with E-state index in [1.165, 1.54) is 0 Å². The lowest BCUT2D eigenvalue weighted by Gasteiger charge is -2.48. The van der Waals surface area contributed by atoms with E-state index in [9.17, 15) is 4.79 Å². The molecule has 0 saturated carbocycles. The van der Waals surface area contributed by atoms with Crippen LogP contribution in [0.3, 0.4) is 0 Å². The molecule has 1 fully saturated rings. The summed E-state index contributed by atoms with van der Waals surface area (Å²) in [6, 6.07) is 0.554. The molecule has 0 aromatic rings. The van der Waals surface area contributed by atoms with Gasteiger partial charge in [0.2, 0.25) is 14.3 Å². The maximum atomic E-state index is 12.7. The number of hydrogen-bond acceptors (Lipinski definition) is 3. The van der Waals surface area contributed by atoms with E-state index in [0.717, 1.165) is 0 Å². The molecule has 0 aliphatic carbocycles. The quantitative estimate of drug-likeness (QED) is 0.776. The predicted octanol–water partition coefficient (Wildman–Crippen LogP) is 1.92. The van der Waals surface area contributed by atoms with Gasteiger partial charge in [-0.2, -0.15) is 0 Å². The number of rotatable bonds is 4. The van der Waals surface area contributed by atoms with Gasteiger partial charge in [0.25, 0.3) is 8.40 Å². The van der Waals surface area contributed by atoms with Crippen molar-refractivity contribution in [2.75, 3.05) is 6.54 Å². The molecule has 1 saturated heterocycles. The fourth-order valence-electron chi connectivity index (χ4n) is 2.82. The Hall–Kier alpha value is -0.739. The first-order valence-corrected chi connectivity index (χ1v) is 14.9. The van der Waals surface area contributed by atoms with Crippen LogP contribution in [0.1, 0.15) is 6.92 Å². The Morgan fingerprint density at radius 1 is 1.15 bits per heavy atom. The molecule has 0 aromatic heterocycles. The van der Waals surface area contributed by atoms with Crippen molar-refractivity contribution in [2.45, 2.75) is 32.6 Å². The van der Waals surface area contributed by atoms with E-state index >= 15 is 0 Å². The van der Waals surface area contributed by atoms with Gasteiger partial charge in [0, 0.05) is 12.6 Å². The van der Waals surface area contributed by atoms with E-state index in [1.54, 1.807) is 0 Å². The second-order valence-electron chi connectivity index (χ2n) is 5.94. The number of nitrogens with one attached hydrogen (secondary N) is 2. The number of carbonyl (C=O) groups is 1. The van der Waals surface area contributed by atoms with Crippen molar-refractivity contribution in [2.24, 2.45) is 0 Å². The highest BCUT2D eigenvalue weighted by molar-refractivity contribution is 7.03. The van der Waals surface area contributed by atoms with Gasteiger partial charge in [-0.1, -0.05) is 23.6 Å². The molecule has 1 aliphatic heterocycles. The predicted molar refractivity (Wildman–Crippen MR) is 93.9 cm³/mol. The zero-order valence-electron chi connectivity index (χ0n) is 13.1. The summed E-state index contributed by atoms with van der Waals surface area (Å²) in [6.07, 6.45) is 0. The monoisotopic (exact) mass is 325 g/mol. The van der Waals surface area contributed by atoms with Gasteiger partial charge < -0.3 is 13.9 Å². The maximum absolute atomic E-state index is 12.7. The molecule has 0 spiro atoms. The van der Waals surface area contributed by atoms with Gasteiger partial charge in [0.15, 0.2) is 8.24 Å². The van der Waals surface area contributed by atoms with E-state index in [2.05, 4.69) is 48.7 Å². The van der Waals surface area contributed by atoms with Gasteiger partial charge in [0.05, 0.1) is 0 Å². The summed E-state index contributed by atoms with van der Waals surface area (Å²) in [4.78, 5) is 12.7. The Balaban J connectivity index is 3.34. The van der Waals surface area contributed by atoms with Gasteiger partial charge in [0.1, 0.15) is 0 Å². The van der Waals surface area contributed by atoms with E-state index in [-0.39, 0.29) is 5.91 Å². The minimum Gasteiger partial charge on any atom is -0.354 e. The standard InChI is InChI=1S/C13H27N3OSi3/c1-8-16-13(17)12-18(5,9-2)14-19(6,10-3)15-20(16,7)11-4/h9-11,14-15H,2-4,8,12H2,1,5-7H3. The molecule has 112 valence electrons. The molecule has 0 bridgehead atoms. The maximum Gasteiger partial charge on any atom is 0.251 e. The fourth-order valence-corrected chi connectivity index (χ4v) is 17.7. The van der Waals surface area contributed by atoms with E-state index in [4.69, 9.17) is 0 Å². The third-order valence-corrected chi connectivity index (χ3v) is 17.7. The summed E-state index contributed by atoms with van der Waals surface area (Å²) < 4.78 is 9.50. The Morgan fingerprint density at radius 2 is 1.75 bits per heavy atom. The lowest BCUT2D eigenvalue weighted by atomic mass is 10.6. The molecule has 1 heterocycles.